The Morgan fingerprint density at radius 3 is 2.57 bits per heavy atom. The molecule has 0 aliphatic heterocycles. The van der Waals surface area contributed by atoms with Crippen molar-refractivity contribution in [3.8, 4) is 0 Å². The highest BCUT2D eigenvalue weighted by Gasteiger charge is 1.86. The van der Waals surface area contributed by atoms with Crippen LogP contribution in [0.25, 0.3) is 0 Å². The van der Waals surface area contributed by atoms with Crippen LogP contribution in [0.2, 0.25) is 0 Å². The minimum absolute atomic E-state index is 0.977. The van der Waals surface area contributed by atoms with Gasteiger partial charge in [0.05, 0.1) is 0 Å². The largest absolute Gasteiger partial charge is 0.436 e. The van der Waals surface area contributed by atoms with E-state index in [0.717, 1.165) is 5.98 Å². The molecule has 0 bridgehead atoms. The summed E-state index contributed by atoms with van der Waals surface area (Å²) in [5, 5.41) is 0. The molecule has 4 nitrogen and oxygen atoms in total. The fourth-order valence-electron chi connectivity index (χ4n) is 0.0715. The summed E-state index contributed by atoms with van der Waals surface area (Å²) in [5.41, 5.74) is 4.45. The zero-order valence-electron chi connectivity index (χ0n) is 3.38. The zero-order chi connectivity index (χ0) is 5.70. The van der Waals surface area contributed by atoms with E-state index in [9.17, 15) is 4.79 Å². The number of carbonyl (C=O) groups is 1. The first-order valence-corrected chi connectivity index (χ1v) is 1.97. The molecule has 0 rings (SSSR count). The quantitative estimate of drug-likeness (QED) is 0.315. The van der Waals surface area contributed by atoms with Crippen molar-refractivity contribution >= 4 is 20.9 Å². The van der Waals surface area contributed by atoms with E-state index in [2.05, 4.69) is 24.4 Å². The van der Waals surface area contributed by atoms with Crippen LogP contribution in [-0.4, -0.2) is 12.1 Å². The van der Waals surface area contributed by atoms with Crippen molar-refractivity contribution in [3.63, 3.8) is 0 Å². The number of hydrogen-bond acceptors (Lipinski definition) is 3. The smallest absolute Gasteiger partial charge is 0.333 e. The minimum Gasteiger partial charge on any atom is -0.333 e. The third kappa shape index (κ3) is 5.40. The molecule has 1 amide bonds. The summed E-state index contributed by atoms with van der Waals surface area (Å²) in [6.45, 7) is 0. The summed E-state index contributed by atoms with van der Waals surface area (Å²) in [5.74, 6) is 1.00. The minimum atomic E-state index is -0.977. The van der Waals surface area contributed by atoms with Crippen LogP contribution in [0.3, 0.4) is 0 Å². The van der Waals surface area contributed by atoms with Crippen LogP contribution in [0.5, 0.6) is 0 Å². The van der Waals surface area contributed by atoms with Gasteiger partial charge in [-0.25, -0.2) is 4.79 Å². The van der Waals surface area contributed by atoms with Crippen molar-refractivity contribution in [2.45, 2.75) is 0 Å². The van der Waals surface area contributed by atoms with Crippen molar-refractivity contribution in [1.82, 2.24) is 0 Å². The molecule has 40 valence electrons. The molecule has 0 spiro atoms. The van der Waals surface area contributed by atoms with Gasteiger partial charge in [0.15, 0.2) is 0 Å². The Balaban J connectivity index is 2.97. The Labute approximate surface area is 42.3 Å². The Morgan fingerprint density at radius 1 is 1.86 bits per heavy atom. The van der Waals surface area contributed by atoms with Crippen molar-refractivity contribution in [1.29, 1.82) is 0 Å². The van der Waals surface area contributed by atoms with Crippen molar-refractivity contribution < 1.29 is 14.6 Å². The van der Waals surface area contributed by atoms with Gasteiger partial charge in [0, 0.05) is 0 Å². The number of hydrogen-bond donors (Lipinski definition) is 1. The maximum atomic E-state index is 9.59. The molecule has 0 atom stereocenters. The molecule has 7 heavy (non-hydrogen) atoms. The third-order valence-corrected chi connectivity index (χ3v) is 0.275. The number of carbonyl (C=O) groups excluding carboxylic acids is 1. The highest BCUT2D eigenvalue weighted by molar-refractivity contribution is 7.17. The summed E-state index contributed by atoms with van der Waals surface area (Å²) in [6, 6.07) is 0. The topological polar surface area (TPSA) is 61.6 Å². The molecule has 0 radical (unpaired) electrons. The summed E-state index contributed by atoms with van der Waals surface area (Å²) >= 11 is 0. The molecule has 0 unspecified atom stereocenters. The molecule has 0 heterocycles. The summed E-state index contributed by atoms with van der Waals surface area (Å²) in [4.78, 5) is 17.2. The van der Waals surface area contributed by atoms with Crippen LogP contribution in [0, 0.1) is 0 Å². The predicted molar refractivity (Wildman–Crippen MR) is 26.1 cm³/mol. The molecule has 0 saturated carbocycles. The molecule has 0 fully saturated rings. The highest BCUT2D eigenvalue weighted by atomic mass is 31.0. The lowest BCUT2D eigenvalue weighted by Gasteiger charge is -1.88. The van der Waals surface area contributed by atoms with E-state index in [1.807, 2.05) is 0 Å². The fourth-order valence-corrected chi connectivity index (χ4v) is 0.120. The first kappa shape index (κ1) is 6.40. The van der Waals surface area contributed by atoms with Crippen LogP contribution in [-0.2, 0) is 9.78 Å². The van der Waals surface area contributed by atoms with Crippen LogP contribution >= 0.6 is 8.86 Å². The number of primary amides is 1. The monoisotopic (exact) mass is 121 g/mol. The maximum Gasteiger partial charge on any atom is 0.436 e. The molecular formula is C2H4NO3P. The van der Waals surface area contributed by atoms with E-state index in [1.165, 1.54) is 0 Å². The molecule has 0 aromatic heterocycles. The van der Waals surface area contributed by atoms with Gasteiger partial charge in [-0.3, -0.25) is 4.89 Å². The van der Waals surface area contributed by atoms with Crippen molar-refractivity contribution in [3.05, 3.63) is 0 Å². The van der Waals surface area contributed by atoms with Gasteiger partial charge < -0.3 is 5.73 Å². The number of amides is 1. The average molecular weight is 121 g/mol. The lowest BCUT2D eigenvalue weighted by atomic mass is 11.3. The van der Waals surface area contributed by atoms with Gasteiger partial charge in [0.1, 0.15) is 5.98 Å². The van der Waals surface area contributed by atoms with Gasteiger partial charge in [-0.2, -0.15) is 0 Å². The number of rotatable bonds is 2. The predicted octanol–water partition coefficient (Wildman–Crippen LogP) is -0.0842. The van der Waals surface area contributed by atoms with Crippen LogP contribution in [0.1, 0.15) is 0 Å². The summed E-state index contributed by atoms with van der Waals surface area (Å²) in [6.07, 6.45) is -0.977. The molecule has 5 heteroatoms. The molecule has 0 aromatic carbocycles. The third-order valence-electron chi connectivity index (χ3n) is 0.178. The average Bonchev–Trinajstić information content (AvgIpc) is 1.61. The van der Waals surface area contributed by atoms with Crippen molar-refractivity contribution in [2.75, 3.05) is 0 Å². The molecule has 2 N–H and O–H groups in total. The second-order valence-corrected chi connectivity index (χ2v) is 0.852. The van der Waals surface area contributed by atoms with Crippen molar-refractivity contribution in [2.24, 2.45) is 5.73 Å². The summed E-state index contributed by atoms with van der Waals surface area (Å²) in [7, 11) is 2.74. The van der Waals surface area contributed by atoms with E-state index < -0.39 is 6.09 Å². The molecule has 0 saturated heterocycles. The van der Waals surface area contributed by atoms with Gasteiger partial charge in [-0.05, 0) is 0 Å². The molecule has 0 aromatic rings. The SMILES string of the molecule is NC(=O)OOC=P. The molecule has 0 aliphatic rings. The summed E-state index contributed by atoms with van der Waals surface area (Å²) < 4.78 is 0. The Kier molecular flexibility index (Phi) is 3.28. The maximum absolute atomic E-state index is 9.59. The van der Waals surface area contributed by atoms with E-state index >= 15 is 0 Å². The van der Waals surface area contributed by atoms with Gasteiger partial charge >= 0.3 is 6.09 Å². The van der Waals surface area contributed by atoms with E-state index in [1.54, 1.807) is 0 Å². The molecular weight excluding hydrogens is 117 g/mol. The molecule has 0 aliphatic carbocycles. The second kappa shape index (κ2) is 3.59. The van der Waals surface area contributed by atoms with Crippen LogP contribution in [0.15, 0.2) is 0 Å². The van der Waals surface area contributed by atoms with Gasteiger partial charge in [0.2, 0.25) is 0 Å². The lowest BCUT2D eigenvalue weighted by Crippen LogP contribution is -2.12. The van der Waals surface area contributed by atoms with Crippen LogP contribution < -0.4 is 5.73 Å². The van der Waals surface area contributed by atoms with Gasteiger partial charge in [-0.1, -0.05) is 8.86 Å². The lowest BCUT2D eigenvalue weighted by molar-refractivity contribution is -0.145. The Morgan fingerprint density at radius 2 is 2.43 bits per heavy atom. The zero-order valence-corrected chi connectivity index (χ0v) is 4.38. The second-order valence-electron chi connectivity index (χ2n) is 0.616. The Bertz CT molecular complexity index is 83.0. The van der Waals surface area contributed by atoms with Crippen LogP contribution in [0.4, 0.5) is 4.79 Å². The van der Waals surface area contributed by atoms with Gasteiger partial charge in [0.25, 0.3) is 0 Å². The first-order chi connectivity index (χ1) is 3.27. The Hall–Kier alpha value is -0.600. The highest BCUT2D eigenvalue weighted by Crippen LogP contribution is 1.71. The van der Waals surface area contributed by atoms with E-state index in [0.29, 0.717) is 0 Å². The first-order valence-electron chi connectivity index (χ1n) is 1.39. The van der Waals surface area contributed by atoms with Gasteiger partial charge in [-0.15, -0.1) is 4.89 Å². The normalized spacial score (nSPS) is 7.43. The standard InChI is InChI=1S/C2H4NO3P/c3-2(4)6-5-1-7/h1,7H,(H2,3,4). The van der Waals surface area contributed by atoms with E-state index in [4.69, 9.17) is 0 Å². The fraction of sp³-hybridized carbons (Fsp3) is 0. The van der Waals surface area contributed by atoms with E-state index in [-0.39, 0.29) is 0 Å². The number of nitrogens with two attached hydrogens (primary N) is 1.